The Kier molecular flexibility index (Phi) is 4.97. The van der Waals surface area contributed by atoms with Gasteiger partial charge in [-0.05, 0) is 35.7 Å². The molecular formula is C23H19N3O2. The van der Waals surface area contributed by atoms with Crippen molar-refractivity contribution in [2.75, 3.05) is 5.32 Å². The fourth-order valence-electron chi connectivity index (χ4n) is 3.22. The lowest BCUT2D eigenvalue weighted by Gasteiger charge is -2.13. The molecule has 1 aromatic heterocycles. The summed E-state index contributed by atoms with van der Waals surface area (Å²) in [4.78, 5) is 29.1. The predicted octanol–water partition coefficient (Wildman–Crippen LogP) is 3.63. The molecule has 0 aliphatic carbocycles. The number of fused-ring (bicyclic) bond motifs is 1. The Bertz CT molecular complexity index is 1180. The topological polar surface area (TPSA) is 64.0 Å². The molecule has 0 aliphatic heterocycles. The average Bonchev–Trinajstić information content (AvgIpc) is 2.72. The summed E-state index contributed by atoms with van der Waals surface area (Å²) < 4.78 is 1.44. The van der Waals surface area contributed by atoms with Crippen LogP contribution in [0.3, 0.4) is 0 Å². The summed E-state index contributed by atoms with van der Waals surface area (Å²) in [6.07, 6.45) is 1.97. The van der Waals surface area contributed by atoms with Gasteiger partial charge in [0.2, 0.25) is 5.91 Å². The van der Waals surface area contributed by atoms with Crippen LogP contribution in [0.5, 0.6) is 0 Å². The summed E-state index contributed by atoms with van der Waals surface area (Å²) in [5.74, 6) is -0.251. The van der Waals surface area contributed by atoms with E-state index >= 15 is 0 Å². The molecule has 0 unspecified atom stereocenters. The van der Waals surface area contributed by atoms with Gasteiger partial charge in [0.05, 0.1) is 17.2 Å². The molecule has 5 heteroatoms. The van der Waals surface area contributed by atoms with E-state index in [1.54, 1.807) is 6.07 Å². The summed E-state index contributed by atoms with van der Waals surface area (Å²) >= 11 is 0. The van der Waals surface area contributed by atoms with Crippen LogP contribution in [0.1, 0.15) is 11.1 Å². The van der Waals surface area contributed by atoms with E-state index in [2.05, 4.69) is 22.4 Å². The smallest absolute Gasteiger partial charge is 0.269 e. The molecule has 1 N–H and O–H groups in total. The first-order valence-electron chi connectivity index (χ1n) is 9.07. The molecule has 0 bridgehead atoms. The quantitative estimate of drug-likeness (QED) is 0.584. The van der Waals surface area contributed by atoms with Crippen LogP contribution in [-0.4, -0.2) is 15.5 Å². The molecule has 138 valence electrons. The van der Waals surface area contributed by atoms with E-state index in [4.69, 9.17) is 0 Å². The van der Waals surface area contributed by atoms with Gasteiger partial charge < -0.3 is 5.32 Å². The third-order valence-electron chi connectivity index (χ3n) is 4.58. The van der Waals surface area contributed by atoms with E-state index in [9.17, 15) is 9.59 Å². The SMILES string of the molecule is O=C(Cn1c(=O)cnc2ccccc21)Nc1ccccc1Cc1ccccc1. The Morgan fingerprint density at radius 2 is 1.61 bits per heavy atom. The van der Waals surface area contributed by atoms with Crippen molar-refractivity contribution in [1.82, 2.24) is 9.55 Å². The van der Waals surface area contributed by atoms with Crippen LogP contribution in [0.25, 0.3) is 11.0 Å². The van der Waals surface area contributed by atoms with Gasteiger partial charge in [0.25, 0.3) is 5.56 Å². The van der Waals surface area contributed by atoms with E-state index in [1.807, 2.05) is 60.7 Å². The average molecular weight is 369 g/mol. The van der Waals surface area contributed by atoms with Gasteiger partial charge in [-0.3, -0.25) is 14.2 Å². The maximum Gasteiger partial charge on any atom is 0.269 e. The summed E-state index contributed by atoms with van der Waals surface area (Å²) in [5, 5.41) is 2.95. The third kappa shape index (κ3) is 3.83. The molecule has 0 spiro atoms. The van der Waals surface area contributed by atoms with Gasteiger partial charge >= 0.3 is 0 Å². The van der Waals surface area contributed by atoms with Crippen LogP contribution in [0.4, 0.5) is 5.69 Å². The lowest BCUT2D eigenvalue weighted by Crippen LogP contribution is -2.28. The van der Waals surface area contributed by atoms with Gasteiger partial charge in [-0.2, -0.15) is 0 Å². The van der Waals surface area contributed by atoms with Crippen LogP contribution in [0, 0.1) is 0 Å². The number of hydrogen-bond donors (Lipinski definition) is 1. The highest BCUT2D eigenvalue weighted by atomic mass is 16.2. The molecule has 1 heterocycles. The van der Waals surface area contributed by atoms with E-state index in [1.165, 1.54) is 16.3 Å². The lowest BCUT2D eigenvalue weighted by atomic mass is 10.0. The first kappa shape index (κ1) is 17.7. The van der Waals surface area contributed by atoms with Crippen molar-refractivity contribution in [2.24, 2.45) is 0 Å². The number of amides is 1. The van der Waals surface area contributed by atoms with Gasteiger partial charge in [0.15, 0.2) is 0 Å². The largest absolute Gasteiger partial charge is 0.324 e. The number of aromatic nitrogens is 2. The van der Waals surface area contributed by atoms with Gasteiger partial charge in [-0.1, -0.05) is 60.7 Å². The maximum absolute atomic E-state index is 12.7. The molecule has 0 saturated carbocycles. The number of para-hydroxylation sites is 3. The number of nitrogens with zero attached hydrogens (tertiary/aromatic N) is 2. The normalized spacial score (nSPS) is 10.7. The van der Waals surface area contributed by atoms with Crippen molar-refractivity contribution in [3.05, 3.63) is 107 Å². The molecule has 0 radical (unpaired) electrons. The molecular weight excluding hydrogens is 350 g/mol. The highest BCUT2D eigenvalue weighted by Gasteiger charge is 2.11. The van der Waals surface area contributed by atoms with Crippen LogP contribution in [0.2, 0.25) is 0 Å². The zero-order valence-corrected chi connectivity index (χ0v) is 15.2. The second kappa shape index (κ2) is 7.88. The summed E-state index contributed by atoms with van der Waals surface area (Å²) in [7, 11) is 0. The fourth-order valence-corrected chi connectivity index (χ4v) is 3.22. The summed E-state index contributed by atoms with van der Waals surface area (Å²) in [6, 6.07) is 25.1. The Morgan fingerprint density at radius 3 is 2.46 bits per heavy atom. The number of carbonyl (C=O) groups is 1. The van der Waals surface area contributed by atoms with Crippen LogP contribution >= 0.6 is 0 Å². The Morgan fingerprint density at radius 1 is 0.893 bits per heavy atom. The molecule has 3 aromatic carbocycles. The van der Waals surface area contributed by atoms with Gasteiger partial charge in [-0.25, -0.2) is 4.98 Å². The fraction of sp³-hybridized carbons (Fsp3) is 0.0870. The second-order valence-corrected chi connectivity index (χ2v) is 6.54. The monoisotopic (exact) mass is 369 g/mol. The van der Waals surface area contributed by atoms with Crippen molar-refractivity contribution in [1.29, 1.82) is 0 Å². The van der Waals surface area contributed by atoms with E-state index in [0.717, 1.165) is 17.7 Å². The third-order valence-corrected chi connectivity index (χ3v) is 4.58. The molecule has 28 heavy (non-hydrogen) atoms. The highest BCUT2D eigenvalue weighted by Crippen LogP contribution is 2.19. The molecule has 4 rings (SSSR count). The minimum absolute atomic E-state index is 0.0679. The van der Waals surface area contributed by atoms with Crippen molar-refractivity contribution < 1.29 is 4.79 Å². The first-order chi connectivity index (χ1) is 13.7. The number of carbonyl (C=O) groups excluding carboxylic acids is 1. The van der Waals surface area contributed by atoms with Crippen molar-refractivity contribution in [2.45, 2.75) is 13.0 Å². The highest BCUT2D eigenvalue weighted by molar-refractivity contribution is 5.92. The summed E-state index contributed by atoms with van der Waals surface area (Å²) in [6.45, 7) is -0.0679. The molecule has 5 nitrogen and oxygen atoms in total. The maximum atomic E-state index is 12.7. The van der Waals surface area contributed by atoms with Crippen molar-refractivity contribution in [3.63, 3.8) is 0 Å². The number of hydrogen-bond acceptors (Lipinski definition) is 3. The number of benzene rings is 3. The number of anilines is 1. The van der Waals surface area contributed by atoms with Gasteiger partial charge in [0, 0.05) is 5.69 Å². The second-order valence-electron chi connectivity index (χ2n) is 6.54. The van der Waals surface area contributed by atoms with Crippen LogP contribution in [0.15, 0.2) is 89.9 Å². The van der Waals surface area contributed by atoms with Crippen LogP contribution < -0.4 is 10.9 Å². The van der Waals surface area contributed by atoms with Crippen molar-refractivity contribution in [3.8, 4) is 0 Å². The molecule has 0 fully saturated rings. The molecule has 0 saturated heterocycles. The Labute approximate surface area is 162 Å². The predicted molar refractivity (Wildman–Crippen MR) is 110 cm³/mol. The summed E-state index contributed by atoms with van der Waals surface area (Å²) in [5.41, 5.74) is 3.96. The zero-order chi connectivity index (χ0) is 19.3. The molecule has 0 aliphatic rings. The van der Waals surface area contributed by atoms with E-state index < -0.39 is 0 Å². The number of rotatable bonds is 5. The zero-order valence-electron chi connectivity index (χ0n) is 15.2. The van der Waals surface area contributed by atoms with E-state index in [0.29, 0.717) is 11.0 Å². The van der Waals surface area contributed by atoms with Gasteiger partial charge in [0.1, 0.15) is 6.54 Å². The Balaban J connectivity index is 1.57. The standard InChI is InChI=1S/C23H19N3O2/c27-22(16-26-21-13-7-6-12-20(21)24-15-23(26)28)25-19-11-5-4-10-18(19)14-17-8-2-1-3-9-17/h1-13,15H,14,16H2,(H,25,27). The molecule has 0 atom stereocenters. The Hall–Kier alpha value is -3.73. The number of nitrogens with one attached hydrogen (secondary N) is 1. The first-order valence-corrected chi connectivity index (χ1v) is 9.07. The minimum atomic E-state index is -0.300. The van der Waals surface area contributed by atoms with Gasteiger partial charge in [-0.15, -0.1) is 0 Å². The van der Waals surface area contributed by atoms with Crippen LogP contribution in [-0.2, 0) is 17.8 Å². The van der Waals surface area contributed by atoms with Crippen molar-refractivity contribution >= 4 is 22.6 Å². The molecule has 4 aromatic rings. The molecule has 1 amide bonds. The lowest BCUT2D eigenvalue weighted by molar-refractivity contribution is -0.116. The van der Waals surface area contributed by atoms with E-state index in [-0.39, 0.29) is 18.0 Å². The minimum Gasteiger partial charge on any atom is -0.324 e.